The molecule has 0 unspecified atom stereocenters. The van der Waals surface area contributed by atoms with Gasteiger partial charge < -0.3 is 10.6 Å². The molecule has 0 radical (unpaired) electrons. The Morgan fingerprint density at radius 3 is 2.84 bits per heavy atom. The van der Waals surface area contributed by atoms with Crippen molar-refractivity contribution in [2.75, 3.05) is 26.7 Å². The smallest absolute Gasteiger partial charge is 0.236 e. The van der Waals surface area contributed by atoms with Crippen LogP contribution in [0.15, 0.2) is 24.3 Å². The van der Waals surface area contributed by atoms with Gasteiger partial charge in [-0.2, -0.15) is 0 Å². The number of rotatable bonds is 4. The highest BCUT2D eigenvalue weighted by Crippen LogP contribution is 2.11. The highest BCUT2D eigenvalue weighted by Gasteiger charge is 2.22. The molecule has 0 bridgehead atoms. The Morgan fingerprint density at radius 2 is 2.21 bits per heavy atom. The zero-order chi connectivity index (χ0) is 13.8. The topological polar surface area (TPSA) is 49.6 Å². The van der Waals surface area contributed by atoms with Gasteiger partial charge in [0.1, 0.15) is 0 Å². The zero-order valence-electron chi connectivity index (χ0n) is 11.8. The van der Waals surface area contributed by atoms with Gasteiger partial charge in [-0.1, -0.05) is 24.3 Å². The lowest BCUT2D eigenvalue weighted by Crippen LogP contribution is -2.38. The third-order valence-electron chi connectivity index (χ3n) is 3.76. The molecule has 2 N–H and O–H groups in total. The minimum atomic E-state index is 0.164. The molecule has 0 aliphatic carbocycles. The number of hydrogen-bond donors (Lipinski definition) is 1. The summed E-state index contributed by atoms with van der Waals surface area (Å²) in [6.07, 6.45) is 0.995. The van der Waals surface area contributed by atoms with Gasteiger partial charge in [-0.3, -0.25) is 9.69 Å². The van der Waals surface area contributed by atoms with Gasteiger partial charge in [0, 0.05) is 32.7 Å². The van der Waals surface area contributed by atoms with Crippen molar-refractivity contribution in [2.45, 2.75) is 25.9 Å². The van der Waals surface area contributed by atoms with Crippen molar-refractivity contribution in [1.29, 1.82) is 0 Å². The van der Waals surface area contributed by atoms with Crippen molar-refractivity contribution < 1.29 is 4.79 Å². The fraction of sp³-hybridized carbons (Fsp3) is 0.533. The normalized spacial score (nSPS) is 19.6. The number of aryl methyl sites for hydroxylation is 1. The number of benzene rings is 1. The van der Waals surface area contributed by atoms with Crippen LogP contribution >= 0.6 is 0 Å². The molecule has 4 nitrogen and oxygen atoms in total. The van der Waals surface area contributed by atoms with Crippen LogP contribution in [-0.4, -0.2) is 48.4 Å². The van der Waals surface area contributed by atoms with E-state index in [1.54, 1.807) is 4.90 Å². The molecule has 104 valence electrons. The maximum atomic E-state index is 12.2. The summed E-state index contributed by atoms with van der Waals surface area (Å²) < 4.78 is 0. The largest absolute Gasteiger partial charge is 0.340 e. The number of nitrogens with zero attached hydrogens (tertiary/aromatic N) is 2. The van der Waals surface area contributed by atoms with Crippen LogP contribution in [-0.2, 0) is 11.3 Å². The Morgan fingerprint density at radius 1 is 1.47 bits per heavy atom. The first-order chi connectivity index (χ1) is 9.06. The molecular formula is C15H23N3O. The molecule has 4 heteroatoms. The monoisotopic (exact) mass is 261 g/mol. The summed E-state index contributed by atoms with van der Waals surface area (Å²) in [5.74, 6) is 0.164. The van der Waals surface area contributed by atoms with Crippen molar-refractivity contribution >= 4 is 5.91 Å². The van der Waals surface area contributed by atoms with Gasteiger partial charge in [-0.15, -0.1) is 0 Å². The van der Waals surface area contributed by atoms with Crippen LogP contribution in [0, 0.1) is 6.92 Å². The number of carbonyl (C=O) groups is 1. The predicted octanol–water partition coefficient (Wildman–Crippen LogP) is 0.986. The Balaban J connectivity index is 1.87. The fourth-order valence-corrected chi connectivity index (χ4v) is 2.45. The molecule has 0 saturated carbocycles. The molecule has 1 heterocycles. The van der Waals surface area contributed by atoms with E-state index in [1.165, 1.54) is 11.1 Å². The Bertz CT molecular complexity index is 447. The summed E-state index contributed by atoms with van der Waals surface area (Å²) in [7, 11) is 1.87. The third-order valence-corrected chi connectivity index (χ3v) is 3.76. The van der Waals surface area contributed by atoms with E-state index in [0.717, 1.165) is 19.5 Å². The van der Waals surface area contributed by atoms with Crippen LogP contribution in [0.4, 0.5) is 0 Å². The molecule has 0 aromatic heterocycles. The second-order valence-electron chi connectivity index (χ2n) is 5.46. The first kappa shape index (κ1) is 14.0. The number of hydrogen-bond acceptors (Lipinski definition) is 3. The van der Waals surface area contributed by atoms with Crippen LogP contribution in [0.3, 0.4) is 0 Å². The number of amides is 1. The van der Waals surface area contributed by atoms with Crippen molar-refractivity contribution in [2.24, 2.45) is 5.73 Å². The maximum absolute atomic E-state index is 12.2. The van der Waals surface area contributed by atoms with Crippen LogP contribution in [0.5, 0.6) is 0 Å². The summed E-state index contributed by atoms with van der Waals surface area (Å²) in [6.45, 7) is 5.00. The molecule has 19 heavy (non-hydrogen) atoms. The van der Waals surface area contributed by atoms with E-state index in [-0.39, 0.29) is 11.9 Å². The van der Waals surface area contributed by atoms with E-state index in [0.29, 0.717) is 13.1 Å². The summed E-state index contributed by atoms with van der Waals surface area (Å²) in [5.41, 5.74) is 8.29. The van der Waals surface area contributed by atoms with Crippen LogP contribution < -0.4 is 5.73 Å². The molecule has 1 saturated heterocycles. The molecule has 1 amide bonds. The van der Waals surface area contributed by atoms with Crippen molar-refractivity contribution in [1.82, 2.24) is 9.80 Å². The zero-order valence-corrected chi connectivity index (χ0v) is 11.8. The SMILES string of the molecule is Cc1ccccc1CN(C)C(=O)CN1CC[C@H](N)C1. The lowest BCUT2D eigenvalue weighted by atomic mass is 10.1. The van der Waals surface area contributed by atoms with Gasteiger partial charge in [0.05, 0.1) is 6.54 Å². The fourth-order valence-electron chi connectivity index (χ4n) is 2.45. The quantitative estimate of drug-likeness (QED) is 0.879. The van der Waals surface area contributed by atoms with Gasteiger partial charge in [-0.25, -0.2) is 0 Å². The first-order valence-corrected chi connectivity index (χ1v) is 6.82. The van der Waals surface area contributed by atoms with E-state index in [1.807, 2.05) is 19.2 Å². The third kappa shape index (κ3) is 3.78. The van der Waals surface area contributed by atoms with E-state index >= 15 is 0 Å². The molecule has 1 aromatic rings. The van der Waals surface area contributed by atoms with Crippen LogP contribution in [0.2, 0.25) is 0 Å². The maximum Gasteiger partial charge on any atom is 0.236 e. The van der Waals surface area contributed by atoms with Gasteiger partial charge in [-0.05, 0) is 24.5 Å². The van der Waals surface area contributed by atoms with Gasteiger partial charge in [0.15, 0.2) is 0 Å². The minimum Gasteiger partial charge on any atom is -0.340 e. The molecule has 1 fully saturated rings. The van der Waals surface area contributed by atoms with E-state index in [4.69, 9.17) is 5.73 Å². The minimum absolute atomic E-state index is 0.164. The number of nitrogens with two attached hydrogens (primary N) is 1. The Hall–Kier alpha value is -1.39. The van der Waals surface area contributed by atoms with Crippen molar-refractivity contribution in [3.05, 3.63) is 35.4 Å². The second-order valence-corrected chi connectivity index (χ2v) is 5.46. The molecule has 1 aromatic carbocycles. The second kappa shape index (κ2) is 6.17. The van der Waals surface area contributed by atoms with E-state index < -0.39 is 0 Å². The highest BCUT2D eigenvalue weighted by atomic mass is 16.2. The predicted molar refractivity (Wildman–Crippen MR) is 76.7 cm³/mol. The highest BCUT2D eigenvalue weighted by molar-refractivity contribution is 5.78. The van der Waals surface area contributed by atoms with Gasteiger partial charge >= 0.3 is 0 Å². The Kier molecular flexibility index (Phi) is 4.56. The van der Waals surface area contributed by atoms with E-state index in [2.05, 4.69) is 24.0 Å². The van der Waals surface area contributed by atoms with Gasteiger partial charge in [0.25, 0.3) is 0 Å². The average Bonchev–Trinajstić information content (AvgIpc) is 2.77. The molecule has 1 aliphatic heterocycles. The molecule has 0 spiro atoms. The molecule has 1 atom stereocenters. The van der Waals surface area contributed by atoms with Crippen molar-refractivity contribution in [3.63, 3.8) is 0 Å². The molecule has 2 rings (SSSR count). The Labute approximate surface area is 115 Å². The lowest BCUT2D eigenvalue weighted by Gasteiger charge is -2.22. The average molecular weight is 261 g/mol. The van der Waals surface area contributed by atoms with E-state index in [9.17, 15) is 4.79 Å². The standard InChI is InChI=1S/C15H23N3O/c1-12-5-3-4-6-13(12)9-17(2)15(19)11-18-8-7-14(16)10-18/h3-6,14H,7-11,16H2,1-2H3/t14-/m0/s1. The lowest BCUT2D eigenvalue weighted by molar-refractivity contribution is -0.131. The summed E-state index contributed by atoms with van der Waals surface area (Å²) in [4.78, 5) is 16.1. The number of carbonyl (C=O) groups excluding carboxylic acids is 1. The molecular weight excluding hydrogens is 238 g/mol. The first-order valence-electron chi connectivity index (χ1n) is 6.82. The summed E-state index contributed by atoms with van der Waals surface area (Å²) >= 11 is 0. The summed E-state index contributed by atoms with van der Waals surface area (Å²) in [6, 6.07) is 8.42. The van der Waals surface area contributed by atoms with Crippen molar-refractivity contribution in [3.8, 4) is 0 Å². The number of likely N-dealkylation sites (N-methyl/N-ethyl adjacent to an activating group) is 1. The van der Waals surface area contributed by atoms with Gasteiger partial charge in [0.2, 0.25) is 5.91 Å². The number of likely N-dealkylation sites (tertiary alicyclic amines) is 1. The summed E-state index contributed by atoms with van der Waals surface area (Å²) in [5, 5.41) is 0. The molecule has 1 aliphatic rings. The van der Waals surface area contributed by atoms with Crippen LogP contribution in [0.1, 0.15) is 17.5 Å². The van der Waals surface area contributed by atoms with Crippen LogP contribution in [0.25, 0.3) is 0 Å².